The second kappa shape index (κ2) is 26.2. The highest BCUT2D eigenvalue weighted by Gasteiger charge is 2.01. The molecule has 0 bridgehead atoms. The summed E-state index contributed by atoms with van der Waals surface area (Å²) in [6.45, 7) is 23.1. The Kier molecular flexibility index (Phi) is 37.1. The number of rotatable bonds is 5. The Morgan fingerprint density at radius 2 is 1.32 bits per heavy atom. The summed E-state index contributed by atoms with van der Waals surface area (Å²) in [6, 6.07) is 0. The fourth-order valence-corrected chi connectivity index (χ4v) is 1.63. The van der Waals surface area contributed by atoms with Gasteiger partial charge in [-0.25, -0.2) is 0 Å². The van der Waals surface area contributed by atoms with E-state index in [0.717, 1.165) is 15.0 Å². The maximum atomic E-state index is 3.76. The minimum absolute atomic E-state index is 1.02. The maximum Gasteiger partial charge on any atom is 0.0578 e. The number of hydrogen-bond acceptors (Lipinski definition) is 1. The molecule has 0 spiro atoms. The van der Waals surface area contributed by atoms with Gasteiger partial charge in [-0.15, -0.1) is 11.8 Å². The first kappa shape index (κ1) is 27.0. The summed E-state index contributed by atoms with van der Waals surface area (Å²) in [5, 5.41) is 0. The molecule has 0 saturated carbocycles. The van der Waals surface area contributed by atoms with Crippen LogP contribution in [0.5, 0.6) is 0 Å². The van der Waals surface area contributed by atoms with Gasteiger partial charge >= 0.3 is 0 Å². The molecule has 0 aromatic rings. The van der Waals surface area contributed by atoms with Crippen molar-refractivity contribution in [2.45, 2.75) is 41.5 Å². The van der Waals surface area contributed by atoms with Gasteiger partial charge in [0.15, 0.2) is 0 Å². The van der Waals surface area contributed by atoms with Crippen molar-refractivity contribution in [3.63, 3.8) is 0 Å². The fourth-order valence-electron chi connectivity index (χ4n) is 0.816. The molecule has 112 valence electrons. The van der Waals surface area contributed by atoms with Gasteiger partial charge in [0.05, 0.1) is 3.81 Å². The van der Waals surface area contributed by atoms with Gasteiger partial charge in [0.1, 0.15) is 0 Å². The third-order valence-corrected chi connectivity index (χ3v) is 3.40. The molecule has 0 saturated heterocycles. The Morgan fingerprint density at radius 3 is 1.53 bits per heavy atom. The molecule has 0 aliphatic rings. The van der Waals surface area contributed by atoms with E-state index in [1.54, 1.807) is 30.0 Å². The van der Waals surface area contributed by atoms with Gasteiger partial charge in [-0.05, 0) is 27.8 Å². The Bertz CT molecular complexity index is 273. The summed E-state index contributed by atoms with van der Waals surface area (Å²) in [4.78, 5) is 0. The minimum atomic E-state index is 1.02. The normalized spacial score (nSPS) is 10.0. The standard InChI is InChI=1S/C11H13BrS.3C2H6/c1-5-8-9(6-2)10(7-3)11(12)13-4;3*1-2/h5-8H,1-3H2,4H3;3*1-2H3/b9-8+,11-10+;;;. The predicted molar refractivity (Wildman–Crippen MR) is 102 cm³/mol. The van der Waals surface area contributed by atoms with Gasteiger partial charge in [-0.2, -0.15) is 0 Å². The lowest BCUT2D eigenvalue weighted by molar-refractivity contribution is 1.50. The monoisotopic (exact) mass is 346 g/mol. The Balaban J connectivity index is -0.000000163. The third-order valence-electron chi connectivity index (χ3n) is 1.42. The summed E-state index contributed by atoms with van der Waals surface area (Å²) < 4.78 is 1.05. The van der Waals surface area contributed by atoms with Crippen LogP contribution in [0.3, 0.4) is 0 Å². The van der Waals surface area contributed by atoms with Gasteiger partial charge in [0, 0.05) is 5.57 Å². The van der Waals surface area contributed by atoms with Crippen molar-refractivity contribution < 1.29 is 0 Å². The lowest BCUT2D eigenvalue weighted by Gasteiger charge is -2.04. The van der Waals surface area contributed by atoms with Crippen LogP contribution in [0.15, 0.2) is 59.0 Å². The third kappa shape index (κ3) is 15.5. The van der Waals surface area contributed by atoms with E-state index >= 15 is 0 Å². The topological polar surface area (TPSA) is 0 Å². The summed E-state index contributed by atoms with van der Waals surface area (Å²) in [5.74, 6) is 0. The number of hydrogen-bond donors (Lipinski definition) is 0. The molecule has 0 unspecified atom stereocenters. The number of halogens is 1. The van der Waals surface area contributed by atoms with E-state index in [1.807, 2.05) is 53.9 Å². The van der Waals surface area contributed by atoms with E-state index in [2.05, 4.69) is 35.7 Å². The molecule has 0 heterocycles. The molecular weight excluding hydrogens is 316 g/mol. The summed E-state index contributed by atoms with van der Waals surface area (Å²) in [7, 11) is 0. The molecule has 0 aromatic carbocycles. The fraction of sp³-hybridized carbons (Fsp3) is 0.412. The molecule has 0 aliphatic carbocycles. The second-order valence-electron chi connectivity index (χ2n) is 2.16. The number of allylic oxidation sites excluding steroid dienone is 6. The first-order chi connectivity index (χ1) is 9.21. The summed E-state index contributed by atoms with van der Waals surface area (Å²) >= 11 is 5.09. The zero-order chi connectivity index (χ0) is 16.3. The van der Waals surface area contributed by atoms with Crippen LogP contribution < -0.4 is 0 Å². The highest BCUT2D eigenvalue weighted by atomic mass is 79.9. The van der Waals surface area contributed by atoms with Gasteiger partial charge in [-0.3, -0.25) is 0 Å². The highest BCUT2D eigenvalue weighted by molar-refractivity contribution is 9.14. The van der Waals surface area contributed by atoms with Crippen molar-refractivity contribution in [1.29, 1.82) is 0 Å². The Hall–Kier alpha value is -0.470. The van der Waals surface area contributed by atoms with Gasteiger partial charge in [-0.1, -0.05) is 85.6 Å². The molecule has 2 heteroatoms. The van der Waals surface area contributed by atoms with Crippen molar-refractivity contribution in [3.8, 4) is 0 Å². The average molecular weight is 347 g/mol. The van der Waals surface area contributed by atoms with Crippen LogP contribution in [0.2, 0.25) is 0 Å². The number of thioether (sulfide) groups is 1. The summed E-state index contributed by atoms with van der Waals surface area (Å²) in [6.07, 6.45) is 9.23. The Morgan fingerprint density at radius 1 is 0.895 bits per heavy atom. The van der Waals surface area contributed by atoms with Crippen LogP contribution in [0.25, 0.3) is 0 Å². The zero-order valence-electron chi connectivity index (χ0n) is 13.7. The van der Waals surface area contributed by atoms with Crippen LogP contribution in [0, 0.1) is 0 Å². The molecule has 0 nitrogen and oxygen atoms in total. The van der Waals surface area contributed by atoms with E-state index in [9.17, 15) is 0 Å². The quantitative estimate of drug-likeness (QED) is 0.463. The van der Waals surface area contributed by atoms with E-state index in [-0.39, 0.29) is 0 Å². The molecule has 0 radical (unpaired) electrons. The van der Waals surface area contributed by atoms with Crippen LogP contribution >= 0.6 is 27.7 Å². The van der Waals surface area contributed by atoms with Crippen LogP contribution in [0.1, 0.15) is 41.5 Å². The first-order valence-corrected chi connectivity index (χ1v) is 8.74. The van der Waals surface area contributed by atoms with Crippen LogP contribution in [-0.2, 0) is 0 Å². The maximum absolute atomic E-state index is 3.76. The van der Waals surface area contributed by atoms with Crippen molar-refractivity contribution in [3.05, 3.63) is 59.0 Å². The van der Waals surface area contributed by atoms with Gasteiger partial charge in [0.25, 0.3) is 0 Å². The van der Waals surface area contributed by atoms with Crippen molar-refractivity contribution in [2.24, 2.45) is 0 Å². The lowest BCUT2D eigenvalue weighted by Crippen LogP contribution is -1.83. The molecule has 0 atom stereocenters. The molecule has 19 heavy (non-hydrogen) atoms. The lowest BCUT2D eigenvalue weighted by atomic mass is 10.1. The molecule has 0 rings (SSSR count). The largest absolute Gasteiger partial charge is 0.122 e. The smallest absolute Gasteiger partial charge is 0.0578 e. The van der Waals surface area contributed by atoms with E-state index < -0.39 is 0 Å². The van der Waals surface area contributed by atoms with Crippen molar-refractivity contribution >= 4 is 27.7 Å². The van der Waals surface area contributed by atoms with Crippen molar-refractivity contribution in [1.82, 2.24) is 0 Å². The van der Waals surface area contributed by atoms with E-state index in [4.69, 9.17) is 0 Å². The van der Waals surface area contributed by atoms with Crippen LogP contribution in [-0.4, -0.2) is 6.26 Å². The minimum Gasteiger partial charge on any atom is -0.122 e. The zero-order valence-corrected chi connectivity index (χ0v) is 16.1. The van der Waals surface area contributed by atoms with Gasteiger partial charge < -0.3 is 0 Å². The molecule has 0 aromatic heterocycles. The van der Waals surface area contributed by atoms with E-state index in [0.29, 0.717) is 0 Å². The van der Waals surface area contributed by atoms with Gasteiger partial charge in [0.2, 0.25) is 0 Å². The predicted octanol–water partition coefficient (Wildman–Crippen LogP) is 7.52. The molecule has 0 N–H and O–H groups in total. The SMILES string of the molecule is C=C/C=C(C=C)/C(C=C)=C(\Br)SC.CC.CC.CC. The molecule has 0 aliphatic heterocycles. The van der Waals surface area contributed by atoms with Crippen molar-refractivity contribution in [2.75, 3.05) is 6.26 Å². The van der Waals surface area contributed by atoms with Crippen LogP contribution in [0.4, 0.5) is 0 Å². The average Bonchev–Trinajstić information content (AvgIpc) is 2.52. The second-order valence-corrected chi connectivity index (χ2v) is 4.29. The Labute approximate surface area is 134 Å². The van der Waals surface area contributed by atoms with E-state index in [1.165, 1.54) is 0 Å². The molecule has 0 fully saturated rings. The summed E-state index contributed by atoms with van der Waals surface area (Å²) in [5.41, 5.74) is 2.06. The highest BCUT2D eigenvalue weighted by Crippen LogP contribution is 2.29. The first-order valence-electron chi connectivity index (χ1n) is 6.73. The molecular formula is C17H31BrS. The molecule has 0 amide bonds.